The van der Waals surface area contributed by atoms with E-state index in [1.807, 2.05) is 48.3 Å². The number of nitrogens with zero attached hydrogens (tertiary/aromatic N) is 2. The molecule has 1 heterocycles. The largest absolute Gasteiger partial charge is 0.496 e. The Bertz CT molecular complexity index is 526. The highest BCUT2D eigenvalue weighted by Crippen LogP contribution is 2.21. The van der Waals surface area contributed by atoms with Crippen molar-refractivity contribution < 1.29 is 9.84 Å². The molecule has 0 aliphatic heterocycles. The van der Waals surface area contributed by atoms with Gasteiger partial charge in [-0.1, -0.05) is 24.3 Å². The van der Waals surface area contributed by atoms with E-state index in [0.29, 0.717) is 0 Å². The highest BCUT2D eigenvalue weighted by molar-refractivity contribution is 5.42. The Hall–Kier alpha value is -2.07. The first-order valence-corrected chi connectivity index (χ1v) is 6.13. The molecule has 0 amide bonds. The minimum atomic E-state index is 0.0174. The molecule has 0 bridgehead atoms. The Labute approximate surface area is 113 Å². The van der Waals surface area contributed by atoms with E-state index in [4.69, 9.17) is 9.84 Å². The number of para-hydroxylation sites is 1. The summed E-state index contributed by atoms with van der Waals surface area (Å²) in [5.41, 5.74) is 1.93. The summed E-state index contributed by atoms with van der Waals surface area (Å²) in [6.45, 7) is 0.735. The number of ether oxygens (including phenoxy) is 1. The molecule has 1 N–H and O–H groups in total. The molecule has 0 saturated heterocycles. The maximum Gasteiger partial charge on any atom is 0.128 e. The van der Waals surface area contributed by atoms with Gasteiger partial charge in [-0.15, -0.1) is 0 Å². The Morgan fingerprint density at radius 3 is 2.63 bits per heavy atom. The SMILES string of the molecule is COc1ccccc1CN(C)c1ccc(CO)cn1. The number of aliphatic hydroxyl groups excluding tert-OH is 1. The van der Waals surface area contributed by atoms with Gasteiger partial charge >= 0.3 is 0 Å². The van der Waals surface area contributed by atoms with E-state index < -0.39 is 0 Å². The van der Waals surface area contributed by atoms with Gasteiger partial charge in [0, 0.05) is 25.4 Å². The minimum Gasteiger partial charge on any atom is -0.496 e. The van der Waals surface area contributed by atoms with Crippen LogP contribution in [0.4, 0.5) is 5.82 Å². The van der Waals surface area contributed by atoms with Crippen molar-refractivity contribution in [3.63, 3.8) is 0 Å². The fraction of sp³-hybridized carbons (Fsp3) is 0.267. The van der Waals surface area contributed by atoms with Crippen LogP contribution in [0.2, 0.25) is 0 Å². The molecule has 0 atom stereocenters. The third-order valence-electron chi connectivity index (χ3n) is 2.98. The number of hydrogen-bond donors (Lipinski definition) is 1. The number of hydrogen-bond acceptors (Lipinski definition) is 4. The van der Waals surface area contributed by atoms with Crippen LogP contribution in [0.3, 0.4) is 0 Å². The summed E-state index contributed by atoms with van der Waals surface area (Å²) < 4.78 is 5.34. The molecule has 2 aromatic rings. The van der Waals surface area contributed by atoms with Gasteiger partial charge in [0.15, 0.2) is 0 Å². The van der Waals surface area contributed by atoms with E-state index in [9.17, 15) is 0 Å². The standard InChI is InChI=1S/C15H18N2O2/c1-17(15-8-7-12(11-18)9-16-15)10-13-5-3-4-6-14(13)19-2/h3-9,18H,10-11H2,1-2H3. The molecular weight excluding hydrogens is 240 g/mol. The van der Waals surface area contributed by atoms with Gasteiger partial charge in [0.1, 0.15) is 11.6 Å². The van der Waals surface area contributed by atoms with Crippen LogP contribution in [0.1, 0.15) is 11.1 Å². The first-order chi connectivity index (χ1) is 9.24. The smallest absolute Gasteiger partial charge is 0.128 e. The predicted octanol–water partition coefficient (Wildman–Crippen LogP) is 2.22. The first kappa shape index (κ1) is 13.4. The van der Waals surface area contributed by atoms with Crippen LogP contribution in [-0.4, -0.2) is 24.2 Å². The Morgan fingerprint density at radius 2 is 2.00 bits per heavy atom. The van der Waals surface area contributed by atoms with Gasteiger partial charge in [-0.25, -0.2) is 4.98 Å². The maximum absolute atomic E-state index is 9.00. The number of methoxy groups -OCH3 is 1. The first-order valence-electron chi connectivity index (χ1n) is 6.13. The van der Waals surface area contributed by atoms with Gasteiger partial charge in [0.2, 0.25) is 0 Å². The lowest BCUT2D eigenvalue weighted by atomic mass is 10.2. The van der Waals surface area contributed by atoms with E-state index in [1.54, 1.807) is 13.3 Å². The Morgan fingerprint density at radius 1 is 1.21 bits per heavy atom. The molecule has 0 unspecified atom stereocenters. The molecule has 1 aromatic carbocycles. The Balaban J connectivity index is 2.13. The molecule has 2 rings (SSSR count). The van der Waals surface area contributed by atoms with E-state index in [0.717, 1.165) is 29.2 Å². The molecule has 1 aromatic heterocycles. The molecule has 0 radical (unpaired) electrons. The summed E-state index contributed by atoms with van der Waals surface area (Å²) in [4.78, 5) is 6.37. The number of pyridine rings is 1. The highest BCUT2D eigenvalue weighted by atomic mass is 16.5. The van der Waals surface area contributed by atoms with E-state index in [1.165, 1.54) is 0 Å². The monoisotopic (exact) mass is 258 g/mol. The lowest BCUT2D eigenvalue weighted by Gasteiger charge is -2.19. The number of aromatic nitrogens is 1. The van der Waals surface area contributed by atoms with Gasteiger partial charge < -0.3 is 14.7 Å². The van der Waals surface area contributed by atoms with Crippen molar-refractivity contribution in [3.8, 4) is 5.75 Å². The molecule has 0 spiro atoms. The molecule has 4 heteroatoms. The summed E-state index contributed by atoms with van der Waals surface area (Å²) in [6, 6.07) is 11.7. The zero-order valence-corrected chi connectivity index (χ0v) is 11.2. The lowest BCUT2D eigenvalue weighted by Crippen LogP contribution is -2.18. The van der Waals surface area contributed by atoms with Gasteiger partial charge in [0.25, 0.3) is 0 Å². The number of anilines is 1. The average molecular weight is 258 g/mol. The molecule has 0 fully saturated rings. The van der Waals surface area contributed by atoms with Crippen molar-refractivity contribution >= 4 is 5.82 Å². The molecular formula is C15H18N2O2. The topological polar surface area (TPSA) is 45.6 Å². The fourth-order valence-electron chi connectivity index (χ4n) is 1.91. The van der Waals surface area contributed by atoms with Crippen LogP contribution in [0.5, 0.6) is 5.75 Å². The number of benzene rings is 1. The van der Waals surface area contributed by atoms with E-state index in [-0.39, 0.29) is 6.61 Å². The second-order valence-corrected chi connectivity index (χ2v) is 4.35. The summed E-state index contributed by atoms with van der Waals surface area (Å²) >= 11 is 0. The highest BCUT2D eigenvalue weighted by Gasteiger charge is 2.07. The quantitative estimate of drug-likeness (QED) is 0.893. The molecule has 19 heavy (non-hydrogen) atoms. The molecule has 100 valence electrons. The number of rotatable bonds is 5. The minimum absolute atomic E-state index is 0.0174. The predicted molar refractivity (Wildman–Crippen MR) is 75.3 cm³/mol. The van der Waals surface area contributed by atoms with Crippen LogP contribution in [0.25, 0.3) is 0 Å². The number of aliphatic hydroxyl groups is 1. The van der Waals surface area contributed by atoms with Crippen molar-refractivity contribution in [3.05, 3.63) is 53.7 Å². The van der Waals surface area contributed by atoms with Gasteiger partial charge in [-0.05, 0) is 17.7 Å². The van der Waals surface area contributed by atoms with Crippen LogP contribution < -0.4 is 9.64 Å². The van der Waals surface area contributed by atoms with Crippen LogP contribution >= 0.6 is 0 Å². The van der Waals surface area contributed by atoms with Crippen LogP contribution in [0.15, 0.2) is 42.6 Å². The average Bonchev–Trinajstić information content (AvgIpc) is 2.48. The van der Waals surface area contributed by atoms with Gasteiger partial charge in [-0.2, -0.15) is 0 Å². The zero-order valence-electron chi connectivity index (χ0n) is 11.2. The van der Waals surface area contributed by atoms with Crippen LogP contribution in [0, 0.1) is 0 Å². The molecule has 0 saturated carbocycles. The fourth-order valence-corrected chi connectivity index (χ4v) is 1.91. The van der Waals surface area contributed by atoms with Crippen molar-refractivity contribution in [2.45, 2.75) is 13.2 Å². The Kier molecular flexibility index (Phi) is 4.36. The molecule has 0 aliphatic carbocycles. The maximum atomic E-state index is 9.00. The molecule has 4 nitrogen and oxygen atoms in total. The normalized spacial score (nSPS) is 10.3. The van der Waals surface area contributed by atoms with Crippen molar-refractivity contribution in [2.24, 2.45) is 0 Å². The van der Waals surface area contributed by atoms with E-state index in [2.05, 4.69) is 4.98 Å². The van der Waals surface area contributed by atoms with Crippen molar-refractivity contribution in [2.75, 3.05) is 19.1 Å². The second kappa shape index (κ2) is 6.20. The summed E-state index contributed by atoms with van der Waals surface area (Å²) in [7, 11) is 3.65. The second-order valence-electron chi connectivity index (χ2n) is 4.35. The zero-order chi connectivity index (χ0) is 13.7. The third-order valence-corrected chi connectivity index (χ3v) is 2.98. The van der Waals surface area contributed by atoms with E-state index >= 15 is 0 Å². The summed E-state index contributed by atoms with van der Waals surface area (Å²) in [5, 5.41) is 9.00. The summed E-state index contributed by atoms with van der Waals surface area (Å²) in [5.74, 6) is 1.74. The van der Waals surface area contributed by atoms with Crippen LogP contribution in [-0.2, 0) is 13.2 Å². The van der Waals surface area contributed by atoms with Crippen molar-refractivity contribution in [1.82, 2.24) is 4.98 Å². The third kappa shape index (κ3) is 3.23. The summed E-state index contributed by atoms with van der Waals surface area (Å²) in [6.07, 6.45) is 1.69. The van der Waals surface area contributed by atoms with Gasteiger partial charge in [-0.3, -0.25) is 0 Å². The molecule has 0 aliphatic rings. The lowest BCUT2D eigenvalue weighted by molar-refractivity contribution is 0.281. The van der Waals surface area contributed by atoms with Crippen molar-refractivity contribution in [1.29, 1.82) is 0 Å². The van der Waals surface area contributed by atoms with Gasteiger partial charge in [0.05, 0.1) is 13.7 Å².